The van der Waals surface area contributed by atoms with Crippen LogP contribution in [0.2, 0.25) is 0 Å². The van der Waals surface area contributed by atoms with E-state index in [1.54, 1.807) is 0 Å². The van der Waals surface area contributed by atoms with Gasteiger partial charge in [0.15, 0.2) is 0 Å². The van der Waals surface area contributed by atoms with Crippen molar-refractivity contribution < 1.29 is 9.84 Å². The molecular formula is C15H21BrO2. The molecule has 0 amide bonds. The molecule has 0 spiro atoms. The van der Waals surface area contributed by atoms with Crippen LogP contribution < -0.4 is 4.74 Å². The van der Waals surface area contributed by atoms with Crippen LogP contribution in [-0.2, 0) is 12.8 Å². The maximum Gasteiger partial charge on any atom is 0.125 e. The Morgan fingerprint density at radius 2 is 2.06 bits per heavy atom. The van der Waals surface area contributed by atoms with E-state index in [1.807, 2.05) is 0 Å². The molecule has 0 aromatic heterocycles. The summed E-state index contributed by atoms with van der Waals surface area (Å²) in [6, 6.07) is 4.28. The molecule has 0 saturated carbocycles. The zero-order valence-electron chi connectivity index (χ0n) is 11.1. The third-order valence-corrected chi connectivity index (χ3v) is 4.68. The molecule has 1 N–H and O–H groups in total. The van der Waals surface area contributed by atoms with E-state index in [4.69, 9.17) is 4.74 Å². The summed E-state index contributed by atoms with van der Waals surface area (Å²) in [6.07, 6.45) is 3.85. The maximum atomic E-state index is 9.70. The van der Waals surface area contributed by atoms with Crippen LogP contribution in [0, 0.1) is 5.41 Å². The van der Waals surface area contributed by atoms with Gasteiger partial charge in [0.05, 0.1) is 6.61 Å². The zero-order valence-corrected chi connectivity index (χ0v) is 12.7. The molecule has 3 heteroatoms. The summed E-state index contributed by atoms with van der Waals surface area (Å²) in [4.78, 5) is 0. The van der Waals surface area contributed by atoms with Crippen LogP contribution in [0.4, 0.5) is 0 Å². The van der Waals surface area contributed by atoms with Gasteiger partial charge in [-0.15, -0.1) is 0 Å². The molecule has 18 heavy (non-hydrogen) atoms. The first kappa shape index (κ1) is 13.9. The highest BCUT2D eigenvalue weighted by molar-refractivity contribution is 9.10. The normalized spacial score (nSPS) is 14.4. The number of aliphatic hydroxyl groups is 1. The first-order valence-electron chi connectivity index (χ1n) is 6.69. The number of fused-ring (bicyclic) bond motifs is 1. The van der Waals surface area contributed by atoms with Crippen molar-refractivity contribution in [2.24, 2.45) is 5.41 Å². The van der Waals surface area contributed by atoms with Crippen LogP contribution in [0.15, 0.2) is 16.6 Å². The molecule has 0 saturated heterocycles. The van der Waals surface area contributed by atoms with Crippen molar-refractivity contribution in [2.75, 3.05) is 13.2 Å². The van der Waals surface area contributed by atoms with Gasteiger partial charge in [0.25, 0.3) is 0 Å². The van der Waals surface area contributed by atoms with Gasteiger partial charge in [-0.1, -0.05) is 29.8 Å². The van der Waals surface area contributed by atoms with Gasteiger partial charge in [0, 0.05) is 17.5 Å². The van der Waals surface area contributed by atoms with Crippen molar-refractivity contribution in [3.8, 4) is 5.75 Å². The van der Waals surface area contributed by atoms with E-state index in [2.05, 4.69) is 41.9 Å². The molecule has 2 nitrogen and oxygen atoms in total. The first-order valence-corrected chi connectivity index (χ1v) is 7.48. The summed E-state index contributed by atoms with van der Waals surface area (Å²) in [5.74, 6) is 1.05. The van der Waals surface area contributed by atoms with E-state index in [9.17, 15) is 5.11 Å². The minimum Gasteiger partial charge on any atom is -0.493 e. The largest absolute Gasteiger partial charge is 0.493 e. The van der Waals surface area contributed by atoms with Crippen LogP contribution in [0.25, 0.3) is 0 Å². The van der Waals surface area contributed by atoms with Gasteiger partial charge in [0.1, 0.15) is 5.75 Å². The predicted octanol–water partition coefficient (Wildman–Crippen LogP) is 3.73. The van der Waals surface area contributed by atoms with Crippen LogP contribution in [0.3, 0.4) is 0 Å². The Bertz CT molecular complexity index is 416. The fraction of sp³-hybridized carbons (Fsp3) is 0.600. The van der Waals surface area contributed by atoms with E-state index in [0.29, 0.717) is 0 Å². The molecule has 0 radical (unpaired) electrons. The van der Waals surface area contributed by atoms with Crippen molar-refractivity contribution >= 4 is 15.9 Å². The molecule has 0 atom stereocenters. The van der Waals surface area contributed by atoms with Crippen LogP contribution in [0.1, 0.15) is 37.8 Å². The minimum atomic E-state index is -0.0134. The van der Waals surface area contributed by atoms with Gasteiger partial charge in [-0.2, -0.15) is 0 Å². The number of halogens is 1. The third-order valence-electron chi connectivity index (χ3n) is 4.23. The fourth-order valence-corrected chi connectivity index (χ4v) is 3.21. The summed E-state index contributed by atoms with van der Waals surface area (Å²) in [6.45, 7) is 5.32. The lowest BCUT2D eigenvalue weighted by atomic mass is 9.77. The first-order chi connectivity index (χ1) is 8.64. The summed E-state index contributed by atoms with van der Waals surface area (Å²) < 4.78 is 6.87. The number of ether oxygens (including phenoxy) is 1. The lowest BCUT2D eigenvalue weighted by Crippen LogP contribution is -2.26. The second-order valence-corrected chi connectivity index (χ2v) is 6.11. The lowest BCUT2D eigenvalue weighted by molar-refractivity contribution is 0.114. The molecule has 0 bridgehead atoms. The number of hydrogen-bond acceptors (Lipinski definition) is 2. The number of rotatable bonds is 5. The molecule has 1 aromatic carbocycles. The van der Waals surface area contributed by atoms with Crippen molar-refractivity contribution in [1.29, 1.82) is 0 Å². The van der Waals surface area contributed by atoms with Crippen molar-refractivity contribution in [3.63, 3.8) is 0 Å². The van der Waals surface area contributed by atoms with Gasteiger partial charge in [-0.3, -0.25) is 0 Å². The average Bonchev–Trinajstić information content (AvgIpc) is 2.84. The number of benzene rings is 1. The molecular weight excluding hydrogens is 292 g/mol. The molecule has 2 rings (SSSR count). The summed E-state index contributed by atoms with van der Waals surface area (Å²) in [5, 5.41) is 9.70. The smallest absolute Gasteiger partial charge is 0.125 e. The van der Waals surface area contributed by atoms with Gasteiger partial charge in [-0.25, -0.2) is 0 Å². The summed E-state index contributed by atoms with van der Waals surface area (Å²) in [5.41, 5.74) is 2.51. The molecule has 1 aromatic rings. The van der Waals surface area contributed by atoms with E-state index in [-0.39, 0.29) is 12.0 Å². The van der Waals surface area contributed by atoms with Crippen LogP contribution >= 0.6 is 15.9 Å². The van der Waals surface area contributed by atoms with Crippen LogP contribution in [0.5, 0.6) is 5.75 Å². The van der Waals surface area contributed by atoms with Gasteiger partial charge >= 0.3 is 0 Å². The quantitative estimate of drug-likeness (QED) is 0.897. The molecule has 1 aliphatic rings. The van der Waals surface area contributed by atoms with Gasteiger partial charge < -0.3 is 9.84 Å². The third kappa shape index (κ3) is 2.57. The van der Waals surface area contributed by atoms with E-state index >= 15 is 0 Å². The van der Waals surface area contributed by atoms with Gasteiger partial charge in [0.2, 0.25) is 0 Å². The Morgan fingerprint density at radius 1 is 1.33 bits per heavy atom. The topological polar surface area (TPSA) is 29.5 Å². The van der Waals surface area contributed by atoms with E-state index in [1.165, 1.54) is 11.1 Å². The maximum absolute atomic E-state index is 9.70. The highest BCUT2D eigenvalue weighted by atomic mass is 79.9. The Hall–Kier alpha value is -0.540. The van der Waals surface area contributed by atoms with Crippen molar-refractivity contribution in [2.45, 2.75) is 39.5 Å². The Kier molecular flexibility index (Phi) is 4.33. The molecule has 1 heterocycles. The average molecular weight is 313 g/mol. The summed E-state index contributed by atoms with van der Waals surface area (Å²) >= 11 is 3.57. The standard InChI is InChI=1S/C15H21BrO2/c1-3-15(4-2,10-17)9-12-8-13(16)7-11-5-6-18-14(11)12/h7-8,17H,3-6,9-10H2,1-2H3. The van der Waals surface area contributed by atoms with Crippen molar-refractivity contribution in [3.05, 3.63) is 27.7 Å². The Labute approximate surface area is 117 Å². The monoisotopic (exact) mass is 312 g/mol. The van der Waals surface area contributed by atoms with Gasteiger partial charge in [-0.05, 0) is 47.9 Å². The fourth-order valence-electron chi connectivity index (χ4n) is 2.66. The van der Waals surface area contributed by atoms with Crippen LogP contribution in [-0.4, -0.2) is 18.3 Å². The highest BCUT2D eigenvalue weighted by Gasteiger charge is 2.29. The lowest BCUT2D eigenvalue weighted by Gasteiger charge is -2.30. The molecule has 1 aliphatic heterocycles. The highest BCUT2D eigenvalue weighted by Crippen LogP contribution is 2.39. The number of aliphatic hydroxyl groups excluding tert-OH is 1. The van der Waals surface area contributed by atoms with Crippen molar-refractivity contribution in [1.82, 2.24) is 0 Å². The predicted molar refractivity (Wildman–Crippen MR) is 77.1 cm³/mol. The second-order valence-electron chi connectivity index (χ2n) is 5.19. The minimum absolute atomic E-state index is 0.0134. The zero-order chi connectivity index (χ0) is 13.2. The SMILES string of the molecule is CCC(CC)(CO)Cc1cc(Br)cc2c1OCC2. The molecule has 100 valence electrons. The van der Waals surface area contributed by atoms with E-state index in [0.717, 1.165) is 42.5 Å². The molecule has 0 fully saturated rings. The summed E-state index contributed by atoms with van der Waals surface area (Å²) in [7, 11) is 0. The second kappa shape index (κ2) is 5.62. The van der Waals surface area contributed by atoms with E-state index < -0.39 is 0 Å². The molecule has 0 aliphatic carbocycles. The number of hydrogen-bond donors (Lipinski definition) is 1. The Morgan fingerprint density at radius 3 is 2.67 bits per heavy atom. The molecule has 0 unspecified atom stereocenters. The Balaban J connectivity index is 2.34.